The lowest BCUT2D eigenvalue weighted by atomic mass is 9.89. The minimum absolute atomic E-state index is 0.0109. The standard InChI is InChI=1S/C24H27N3O3S2/c1-13(2)22-26-23(21-16-6-4-14(3)8-19(16)32-24(21)27-22)31-11-20(28)25-10-15-5-7-17-18(9-15)30-12-29-17/h5,7,9,13-14H,4,6,8,10-12H2,1-3H3,(H,25,28)/t14-/m1/s1. The zero-order valence-electron chi connectivity index (χ0n) is 18.6. The summed E-state index contributed by atoms with van der Waals surface area (Å²) in [4.78, 5) is 24.9. The number of fused-ring (bicyclic) bond motifs is 4. The number of amides is 1. The summed E-state index contributed by atoms with van der Waals surface area (Å²) in [5.41, 5.74) is 2.39. The second-order valence-corrected chi connectivity index (χ2v) is 10.9. The monoisotopic (exact) mass is 469 g/mol. The number of benzene rings is 1. The zero-order valence-corrected chi connectivity index (χ0v) is 20.2. The SMILES string of the molecule is CC(C)c1nc(SCC(=O)NCc2ccc3c(c2)OCO3)c2c3c(sc2n1)C[C@H](C)CC3. The molecule has 3 heterocycles. The molecule has 1 amide bonds. The topological polar surface area (TPSA) is 73.3 Å². The highest BCUT2D eigenvalue weighted by Crippen LogP contribution is 2.41. The normalized spacial score (nSPS) is 17.1. The number of hydrogen-bond donors (Lipinski definition) is 1. The van der Waals surface area contributed by atoms with Gasteiger partial charge in [0, 0.05) is 22.7 Å². The predicted octanol–water partition coefficient (Wildman–Crippen LogP) is 5.08. The summed E-state index contributed by atoms with van der Waals surface area (Å²) in [6.07, 6.45) is 3.39. The molecule has 0 saturated heterocycles. The fourth-order valence-corrected chi connectivity index (χ4v) is 6.47. The molecule has 2 aromatic heterocycles. The third-order valence-corrected chi connectivity index (χ3v) is 8.05. The first-order valence-corrected chi connectivity index (χ1v) is 12.9. The second-order valence-electron chi connectivity index (χ2n) is 8.83. The third kappa shape index (κ3) is 4.30. The van der Waals surface area contributed by atoms with Crippen LogP contribution in [-0.2, 0) is 24.2 Å². The maximum atomic E-state index is 12.6. The largest absolute Gasteiger partial charge is 0.454 e. The molecule has 0 radical (unpaired) electrons. The van der Waals surface area contributed by atoms with E-state index in [0.717, 1.165) is 45.6 Å². The number of thioether (sulfide) groups is 1. The summed E-state index contributed by atoms with van der Waals surface area (Å²) in [5.74, 6) is 3.61. The molecule has 1 atom stereocenters. The molecule has 6 nitrogen and oxygen atoms in total. The highest BCUT2D eigenvalue weighted by Gasteiger charge is 2.25. The molecule has 0 spiro atoms. The van der Waals surface area contributed by atoms with Gasteiger partial charge in [0.05, 0.1) is 5.75 Å². The van der Waals surface area contributed by atoms with Gasteiger partial charge in [0.15, 0.2) is 11.5 Å². The number of rotatable bonds is 6. The molecule has 0 unspecified atom stereocenters. The van der Waals surface area contributed by atoms with E-state index < -0.39 is 0 Å². The molecular formula is C24H27N3O3S2. The molecule has 1 aromatic carbocycles. The van der Waals surface area contributed by atoms with E-state index in [1.54, 1.807) is 0 Å². The summed E-state index contributed by atoms with van der Waals surface area (Å²) in [7, 11) is 0. The van der Waals surface area contributed by atoms with E-state index in [0.29, 0.717) is 18.2 Å². The van der Waals surface area contributed by atoms with Crippen LogP contribution in [0.5, 0.6) is 11.5 Å². The molecule has 1 aliphatic heterocycles. The summed E-state index contributed by atoms with van der Waals surface area (Å²) in [6, 6.07) is 5.74. The van der Waals surface area contributed by atoms with Crippen molar-refractivity contribution < 1.29 is 14.3 Å². The molecular weight excluding hydrogens is 442 g/mol. The molecule has 8 heteroatoms. The van der Waals surface area contributed by atoms with E-state index in [1.807, 2.05) is 29.5 Å². The number of carbonyl (C=O) groups is 1. The Kier molecular flexibility index (Phi) is 5.99. The molecule has 168 valence electrons. The first kappa shape index (κ1) is 21.5. The fourth-order valence-electron chi connectivity index (χ4n) is 4.12. The van der Waals surface area contributed by atoms with Gasteiger partial charge in [0.1, 0.15) is 15.7 Å². The first-order chi connectivity index (χ1) is 15.5. The molecule has 0 fully saturated rings. The Morgan fingerprint density at radius 3 is 2.97 bits per heavy atom. The third-order valence-electron chi connectivity index (χ3n) is 5.92. The van der Waals surface area contributed by atoms with E-state index in [-0.39, 0.29) is 18.6 Å². The second kappa shape index (κ2) is 8.90. The van der Waals surface area contributed by atoms with Crippen LogP contribution in [0.1, 0.15) is 54.9 Å². The van der Waals surface area contributed by atoms with E-state index in [4.69, 9.17) is 19.4 Å². The fraction of sp³-hybridized carbons (Fsp3) is 0.458. The van der Waals surface area contributed by atoms with Gasteiger partial charge in [-0.15, -0.1) is 11.3 Å². The van der Waals surface area contributed by atoms with Crippen LogP contribution < -0.4 is 14.8 Å². The Hall–Kier alpha value is -2.32. The molecule has 0 saturated carbocycles. The van der Waals surface area contributed by atoms with Gasteiger partial charge in [-0.1, -0.05) is 38.6 Å². The van der Waals surface area contributed by atoms with Gasteiger partial charge in [0.25, 0.3) is 0 Å². The van der Waals surface area contributed by atoms with Crippen LogP contribution in [0.25, 0.3) is 10.2 Å². The minimum Gasteiger partial charge on any atom is -0.454 e. The molecule has 3 aromatic rings. The lowest BCUT2D eigenvalue weighted by Gasteiger charge is -2.18. The van der Waals surface area contributed by atoms with Gasteiger partial charge < -0.3 is 14.8 Å². The van der Waals surface area contributed by atoms with Crippen molar-refractivity contribution in [2.75, 3.05) is 12.5 Å². The van der Waals surface area contributed by atoms with Crippen LogP contribution in [0, 0.1) is 5.92 Å². The van der Waals surface area contributed by atoms with Crippen LogP contribution in [0.15, 0.2) is 23.2 Å². The Labute approximate surface area is 196 Å². The smallest absolute Gasteiger partial charge is 0.231 e. The van der Waals surface area contributed by atoms with E-state index in [2.05, 4.69) is 26.1 Å². The maximum Gasteiger partial charge on any atom is 0.231 e. The summed E-state index contributed by atoms with van der Waals surface area (Å²) in [6.45, 7) is 7.25. The average Bonchev–Trinajstić information content (AvgIpc) is 3.39. The number of ether oxygens (including phenoxy) is 2. The Balaban J connectivity index is 1.31. The summed E-state index contributed by atoms with van der Waals surface area (Å²) < 4.78 is 10.8. The van der Waals surface area contributed by atoms with Crippen molar-refractivity contribution in [3.8, 4) is 11.5 Å². The lowest BCUT2D eigenvalue weighted by molar-refractivity contribution is -0.118. The molecule has 5 rings (SSSR count). The van der Waals surface area contributed by atoms with Gasteiger partial charge in [-0.05, 0) is 48.4 Å². The van der Waals surface area contributed by atoms with Crippen molar-refractivity contribution in [3.63, 3.8) is 0 Å². The number of nitrogens with one attached hydrogen (secondary N) is 1. The van der Waals surface area contributed by atoms with Gasteiger partial charge in [-0.3, -0.25) is 4.79 Å². The van der Waals surface area contributed by atoms with Crippen LogP contribution in [-0.4, -0.2) is 28.4 Å². The van der Waals surface area contributed by atoms with E-state index in [9.17, 15) is 4.79 Å². The molecule has 1 aliphatic carbocycles. The van der Waals surface area contributed by atoms with Gasteiger partial charge in [-0.25, -0.2) is 9.97 Å². The average molecular weight is 470 g/mol. The predicted molar refractivity (Wildman–Crippen MR) is 128 cm³/mol. The van der Waals surface area contributed by atoms with Crippen LogP contribution in [0.3, 0.4) is 0 Å². The van der Waals surface area contributed by atoms with Gasteiger partial charge >= 0.3 is 0 Å². The number of thiophene rings is 1. The summed E-state index contributed by atoms with van der Waals surface area (Å²) in [5, 5.41) is 5.13. The van der Waals surface area contributed by atoms with Crippen molar-refractivity contribution in [2.24, 2.45) is 5.92 Å². The quantitative estimate of drug-likeness (QED) is 0.401. The van der Waals surface area contributed by atoms with Crippen molar-refractivity contribution in [2.45, 2.75) is 57.5 Å². The molecule has 2 aliphatic rings. The highest BCUT2D eigenvalue weighted by atomic mass is 32.2. The summed E-state index contributed by atoms with van der Waals surface area (Å²) >= 11 is 3.34. The van der Waals surface area contributed by atoms with Gasteiger partial charge in [-0.2, -0.15) is 0 Å². The van der Waals surface area contributed by atoms with Crippen molar-refractivity contribution in [1.29, 1.82) is 0 Å². The van der Waals surface area contributed by atoms with Gasteiger partial charge in [0.2, 0.25) is 12.7 Å². The van der Waals surface area contributed by atoms with E-state index in [1.165, 1.54) is 34.0 Å². The molecule has 1 N–H and O–H groups in total. The molecule has 32 heavy (non-hydrogen) atoms. The van der Waals surface area contributed by atoms with Crippen LogP contribution in [0.2, 0.25) is 0 Å². The number of carbonyl (C=O) groups excluding carboxylic acids is 1. The number of aryl methyl sites for hydroxylation is 1. The molecule has 0 bridgehead atoms. The zero-order chi connectivity index (χ0) is 22.2. The lowest BCUT2D eigenvalue weighted by Crippen LogP contribution is -2.24. The van der Waals surface area contributed by atoms with Crippen LogP contribution in [0.4, 0.5) is 0 Å². The van der Waals surface area contributed by atoms with Crippen molar-refractivity contribution in [1.82, 2.24) is 15.3 Å². The Morgan fingerprint density at radius 1 is 1.28 bits per heavy atom. The van der Waals surface area contributed by atoms with Crippen molar-refractivity contribution in [3.05, 3.63) is 40.0 Å². The number of nitrogens with zero attached hydrogens (tertiary/aromatic N) is 2. The highest BCUT2D eigenvalue weighted by molar-refractivity contribution is 8.00. The number of hydrogen-bond acceptors (Lipinski definition) is 7. The minimum atomic E-state index is -0.0109. The van der Waals surface area contributed by atoms with Crippen molar-refractivity contribution >= 4 is 39.2 Å². The van der Waals surface area contributed by atoms with Crippen LogP contribution >= 0.6 is 23.1 Å². The maximum absolute atomic E-state index is 12.6. The van der Waals surface area contributed by atoms with E-state index >= 15 is 0 Å². The number of aromatic nitrogens is 2. The Bertz CT molecular complexity index is 1170. The first-order valence-electron chi connectivity index (χ1n) is 11.1. The Morgan fingerprint density at radius 2 is 2.12 bits per heavy atom.